The van der Waals surface area contributed by atoms with Crippen LogP contribution in [0.5, 0.6) is 0 Å². The molecule has 4 aliphatic rings. The van der Waals surface area contributed by atoms with Crippen LogP contribution in [0.4, 0.5) is 0 Å². The third-order valence-corrected chi connectivity index (χ3v) is 11.9. The van der Waals surface area contributed by atoms with Crippen molar-refractivity contribution in [2.24, 2.45) is 17.8 Å². The second-order valence-electron chi connectivity index (χ2n) is 14.0. The average Bonchev–Trinajstić information content (AvgIpc) is 2.55. The largest absolute Gasteiger partial charge is 0.0640 e. The summed E-state index contributed by atoms with van der Waals surface area (Å²) in [6, 6.07) is 5.12. The molecule has 4 fully saturated rings. The summed E-state index contributed by atoms with van der Waals surface area (Å²) >= 11 is 0. The Balaban J connectivity index is 1.83. The minimum Gasteiger partial charge on any atom is -0.0640 e. The lowest BCUT2D eigenvalue weighted by atomic mass is 9.56. The molecule has 4 bridgehead atoms. The first-order valence-corrected chi connectivity index (χ1v) is 14.8. The van der Waals surface area contributed by atoms with Gasteiger partial charge < -0.3 is 0 Å². The fourth-order valence-electron chi connectivity index (χ4n) is 6.66. The average molecular weight is 443 g/mol. The molecule has 4 saturated carbocycles. The first kappa shape index (κ1) is 23.0. The van der Waals surface area contributed by atoms with E-state index in [0.29, 0.717) is 5.16 Å². The van der Waals surface area contributed by atoms with Gasteiger partial charge in [0.1, 0.15) is 0 Å². The zero-order valence-corrected chi connectivity index (χ0v) is 22.8. The molecule has 0 heterocycles. The van der Waals surface area contributed by atoms with Gasteiger partial charge in [0, 0.05) is 10.5 Å². The summed E-state index contributed by atoms with van der Waals surface area (Å²) in [6.45, 7) is 21.6. The van der Waals surface area contributed by atoms with Crippen molar-refractivity contribution < 1.29 is 0 Å². The standard InChI is InChI=1S/C28H44P2/c1-25(2,3)21-13-22(26(4,5)6)24(23(14-21)27(7,8)9)29-30-28-15-18-10-19(16-28)12-20(11-18)17-28/h13-14,18-20H,10-12,15-17H2,1-9H3. The van der Waals surface area contributed by atoms with Gasteiger partial charge in [0.25, 0.3) is 0 Å². The fraction of sp³-hybridized carbons (Fsp3) is 0.786. The molecule has 4 aliphatic carbocycles. The summed E-state index contributed by atoms with van der Waals surface area (Å²) in [6.07, 6.45) is 9.20. The number of hydrogen-bond donors (Lipinski definition) is 0. The van der Waals surface area contributed by atoms with E-state index in [1.54, 1.807) is 51.4 Å². The quantitative estimate of drug-likeness (QED) is 0.401. The summed E-state index contributed by atoms with van der Waals surface area (Å²) in [5.41, 5.74) is 5.24. The van der Waals surface area contributed by atoms with E-state index in [1.807, 2.05) is 0 Å². The number of rotatable bonds is 2. The molecule has 0 unspecified atom stereocenters. The normalized spacial score (nSPS) is 31.7. The Bertz CT molecular complexity index is 769. The van der Waals surface area contributed by atoms with Crippen LogP contribution in [0.2, 0.25) is 0 Å². The van der Waals surface area contributed by atoms with E-state index < -0.39 is 0 Å². The van der Waals surface area contributed by atoms with Crippen molar-refractivity contribution in [3.63, 3.8) is 0 Å². The van der Waals surface area contributed by atoms with Crippen molar-refractivity contribution >= 4 is 21.0 Å². The van der Waals surface area contributed by atoms with Gasteiger partial charge in [-0.3, -0.25) is 0 Å². The molecule has 0 N–H and O–H groups in total. The van der Waals surface area contributed by atoms with Gasteiger partial charge in [0.2, 0.25) is 0 Å². The highest BCUT2D eigenvalue weighted by Crippen LogP contribution is 2.62. The Morgan fingerprint density at radius 1 is 0.667 bits per heavy atom. The van der Waals surface area contributed by atoms with Crippen LogP contribution in [0.3, 0.4) is 0 Å². The molecule has 0 nitrogen and oxygen atoms in total. The second kappa shape index (κ2) is 7.42. The fourth-order valence-corrected chi connectivity index (χ4v) is 11.3. The van der Waals surface area contributed by atoms with Gasteiger partial charge >= 0.3 is 0 Å². The molecule has 0 aromatic heterocycles. The molecule has 0 amide bonds. The summed E-state index contributed by atoms with van der Waals surface area (Å²) in [7, 11) is 3.29. The van der Waals surface area contributed by atoms with E-state index in [9.17, 15) is 0 Å². The van der Waals surface area contributed by atoms with Gasteiger partial charge in [-0.2, -0.15) is 0 Å². The number of benzene rings is 1. The Labute approximate surface area is 189 Å². The summed E-state index contributed by atoms with van der Waals surface area (Å²) in [5, 5.41) is 2.28. The Morgan fingerprint density at radius 2 is 1.07 bits per heavy atom. The van der Waals surface area contributed by atoms with Gasteiger partial charge in [-0.15, -0.1) is 0 Å². The van der Waals surface area contributed by atoms with Gasteiger partial charge in [-0.25, -0.2) is 0 Å². The van der Waals surface area contributed by atoms with Crippen LogP contribution < -0.4 is 5.30 Å². The molecule has 0 atom stereocenters. The maximum Gasteiger partial charge on any atom is 0.0173 e. The molecular formula is C28H44P2. The third-order valence-electron chi connectivity index (χ3n) is 7.96. The molecule has 30 heavy (non-hydrogen) atoms. The molecule has 1 aromatic carbocycles. The van der Waals surface area contributed by atoms with Crippen molar-refractivity contribution in [2.45, 2.75) is 122 Å². The SMILES string of the molecule is CC(C)(C)c1cc(C(C)(C)C)c(P=PC23CC4CC(CC(C4)C2)C3)c(C(C)(C)C)c1. The summed E-state index contributed by atoms with van der Waals surface area (Å²) in [4.78, 5) is 0. The third kappa shape index (κ3) is 4.48. The molecule has 0 saturated heterocycles. The lowest BCUT2D eigenvalue weighted by Crippen LogP contribution is -2.47. The van der Waals surface area contributed by atoms with Crippen LogP contribution in [0.25, 0.3) is 0 Å². The molecule has 166 valence electrons. The van der Waals surface area contributed by atoms with E-state index >= 15 is 0 Å². The highest BCUT2D eigenvalue weighted by Gasteiger charge is 2.50. The van der Waals surface area contributed by atoms with Gasteiger partial charge in [0.05, 0.1) is 0 Å². The van der Waals surface area contributed by atoms with E-state index in [4.69, 9.17) is 0 Å². The second-order valence-corrected chi connectivity index (χ2v) is 17.0. The van der Waals surface area contributed by atoms with Crippen LogP contribution in [-0.4, -0.2) is 5.16 Å². The zero-order chi connectivity index (χ0) is 22.1. The van der Waals surface area contributed by atoms with Crippen molar-refractivity contribution in [2.75, 3.05) is 0 Å². The molecule has 0 spiro atoms. The minimum absolute atomic E-state index is 0.181. The van der Waals surface area contributed by atoms with Crippen LogP contribution in [0, 0.1) is 17.8 Å². The lowest BCUT2D eigenvalue weighted by molar-refractivity contribution is 0.0377. The maximum atomic E-state index is 2.56. The molecule has 0 radical (unpaired) electrons. The van der Waals surface area contributed by atoms with Crippen molar-refractivity contribution in [3.05, 3.63) is 28.8 Å². The van der Waals surface area contributed by atoms with Gasteiger partial charge in [-0.05, 0) is 97.1 Å². The van der Waals surface area contributed by atoms with E-state index in [0.717, 1.165) is 17.8 Å². The van der Waals surface area contributed by atoms with Gasteiger partial charge in [-0.1, -0.05) is 82.3 Å². The first-order valence-electron chi connectivity index (χ1n) is 12.3. The highest BCUT2D eigenvalue weighted by molar-refractivity contribution is 7.88. The van der Waals surface area contributed by atoms with Crippen LogP contribution in [0.15, 0.2) is 12.1 Å². The summed E-state index contributed by atoms with van der Waals surface area (Å²) < 4.78 is 0. The predicted molar refractivity (Wildman–Crippen MR) is 137 cm³/mol. The molecule has 2 heteroatoms. The molecule has 5 rings (SSSR count). The van der Waals surface area contributed by atoms with Crippen LogP contribution in [-0.2, 0) is 16.2 Å². The van der Waals surface area contributed by atoms with Crippen LogP contribution >= 0.6 is 15.7 Å². The zero-order valence-electron chi connectivity index (χ0n) is 21.0. The topological polar surface area (TPSA) is 0 Å². The molecular weight excluding hydrogens is 398 g/mol. The smallest absolute Gasteiger partial charge is 0.0173 e. The molecule has 1 aromatic rings. The summed E-state index contributed by atoms with van der Waals surface area (Å²) in [5.74, 6) is 3.14. The highest BCUT2D eigenvalue weighted by atomic mass is 31.7. The van der Waals surface area contributed by atoms with E-state index in [-0.39, 0.29) is 16.2 Å². The Morgan fingerprint density at radius 3 is 1.40 bits per heavy atom. The van der Waals surface area contributed by atoms with Crippen molar-refractivity contribution in [1.29, 1.82) is 0 Å². The number of hydrogen-bond acceptors (Lipinski definition) is 0. The predicted octanol–water partition coefficient (Wildman–Crippen LogP) is 8.98. The maximum absolute atomic E-state index is 2.56. The van der Waals surface area contributed by atoms with E-state index in [1.165, 1.54) is 24.8 Å². The van der Waals surface area contributed by atoms with Crippen LogP contribution in [0.1, 0.15) is 118 Å². The lowest BCUT2D eigenvalue weighted by Gasteiger charge is -2.55. The van der Waals surface area contributed by atoms with Crippen molar-refractivity contribution in [1.82, 2.24) is 0 Å². The molecule has 0 aliphatic heterocycles. The van der Waals surface area contributed by atoms with Crippen molar-refractivity contribution in [3.8, 4) is 0 Å². The Hall–Kier alpha value is -0.180. The Kier molecular flexibility index (Phi) is 5.69. The van der Waals surface area contributed by atoms with Gasteiger partial charge in [0.15, 0.2) is 0 Å². The minimum atomic E-state index is 0.181. The first-order chi connectivity index (χ1) is 13.7. The van der Waals surface area contributed by atoms with E-state index in [2.05, 4.69) is 74.4 Å². The monoisotopic (exact) mass is 442 g/mol.